The number of benzene rings is 1. The molecule has 6 N–H and O–H groups in total. The summed E-state index contributed by atoms with van der Waals surface area (Å²) in [4.78, 5) is 12.2. The minimum Gasteiger partial charge on any atom is -0.388 e. The van der Waals surface area contributed by atoms with Crippen LogP contribution in [0.4, 0.5) is 8.78 Å². The highest BCUT2D eigenvalue weighted by Gasteiger charge is 2.42. The second-order valence-electron chi connectivity index (χ2n) is 10.5. The number of carbonyl (C=O) groups is 1. The Balaban J connectivity index is 1.67. The summed E-state index contributed by atoms with van der Waals surface area (Å²) in [6, 6.07) is 2.40. The summed E-state index contributed by atoms with van der Waals surface area (Å²) in [5, 5.41) is 25.8. The van der Waals surface area contributed by atoms with Gasteiger partial charge in [0.15, 0.2) is 0 Å². The molecule has 5 unspecified atom stereocenters. The first kappa shape index (κ1) is 27.3. The maximum absolute atomic E-state index is 14.9. The van der Waals surface area contributed by atoms with E-state index in [0.717, 1.165) is 31.4 Å². The largest absolute Gasteiger partial charge is 0.388 e. The Morgan fingerprint density at radius 3 is 2.44 bits per heavy atom. The molecule has 1 aromatic carbocycles. The van der Waals surface area contributed by atoms with Crippen molar-refractivity contribution < 1.29 is 28.5 Å². The topological polar surface area (TPSA) is 117 Å². The maximum atomic E-state index is 14.9. The van der Waals surface area contributed by atoms with Gasteiger partial charge in [-0.2, -0.15) is 0 Å². The lowest BCUT2D eigenvalue weighted by molar-refractivity contribution is -0.122. The predicted molar refractivity (Wildman–Crippen MR) is 128 cm³/mol. The minimum absolute atomic E-state index is 0.0899. The van der Waals surface area contributed by atoms with Gasteiger partial charge < -0.3 is 20.7 Å². The van der Waals surface area contributed by atoms with Gasteiger partial charge in [-0.3, -0.25) is 15.4 Å². The zero-order chi connectivity index (χ0) is 25.3. The number of hydrogen-bond donors (Lipinski definition) is 5. The summed E-state index contributed by atoms with van der Waals surface area (Å²) >= 11 is 1.30. The predicted octanol–water partition coefficient (Wildman–Crippen LogP) is 2.64. The lowest BCUT2D eigenvalue weighted by Gasteiger charge is -2.34. The van der Waals surface area contributed by atoms with Crippen LogP contribution in [0, 0.1) is 17.6 Å². The number of hydrogen-bond acceptors (Lipinski definition) is 7. The maximum Gasteiger partial charge on any atom is 0.223 e. The van der Waals surface area contributed by atoms with Gasteiger partial charge in [-0.15, -0.1) is 11.8 Å². The zero-order valence-electron chi connectivity index (χ0n) is 20.2. The minimum atomic E-state index is -1.37. The van der Waals surface area contributed by atoms with Crippen molar-refractivity contribution in [1.82, 2.24) is 10.6 Å². The number of ether oxygens (including phenoxy) is 1. The number of nitrogens with two attached hydrogens (primary N) is 1. The van der Waals surface area contributed by atoms with Crippen LogP contribution >= 0.6 is 11.8 Å². The number of rotatable bonds is 9. The smallest absolute Gasteiger partial charge is 0.223 e. The summed E-state index contributed by atoms with van der Waals surface area (Å²) in [7, 11) is 0. The van der Waals surface area contributed by atoms with Crippen LogP contribution in [0.15, 0.2) is 12.1 Å². The molecule has 2 fully saturated rings. The fraction of sp³-hybridized carbons (Fsp3) is 0.708. The summed E-state index contributed by atoms with van der Waals surface area (Å²) in [6.07, 6.45) is 2.82. The van der Waals surface area contributed by atoms with E-state index in [4.69, 9.17) is 10.5 Å². The van der Waals surface area contributed by atoms with E-state index in [1.54, 1.807) is 13.8 Å². The van der Waals surface area contributed by atoms with E-state index in [1.807, 2.05) is 0 Å². The second kappa shape index (κ2) is 10.8. The normalized spacial score (nSPS) is 28.3. The second-order valence-corrected chi connectivity index (χ2v) is 11.9. The number of primary amides is 1. The standard InChI is InChI=1S/C24H37F2N3O4S/c1-23(2,31)12-33-11-14-6-5-7-19(28-14)29-22-15(21(27)30)10-18(34-22)20-16(25)8-13(9-17(20)26)24(3,4)32/h8-9,14-15,18-19,22,28-29,31-32H,5-7,10-12H2,1-4H3,(H2,27,30). The summed E-state index contributed by atoms with van der Waals surface area (Å²) in [6.45, 7) is 6.99. The van der Waals surface area contributed by atoms with Gasteiger partial charge in [0, 0.05) is 16.9 Å². The van der Waals surface area contributed by atoms with E-state index in [-0.39, 0.29) is 36.4 Å². The van der Waals surface area contributed by atoms with Crippen molar-refractivity contribution >= 4 is 17.7 Å². The fourth-order valence-corrected chi connectivity index (χ4v) is 6.18. The van der Waals surface area contributed by atoms with E-state index in [2.05, 4.69) is 10.6 Å². The Bertz CT molecular complexity index is 852. The molecule has 3 rings (SSSR count). The molecule has 0 radical (unpaired) electrons. The highest BCUT2D eigenvalue weighted by atomic mass is 32.2. The molecule has 34 heavy (non-hydrogen) atoms. The van der Waals surface area contributed by atoms with Crippen molar-refractivity contribution in [3.8, 4) is 0 Å². The highest BCUT2D eigenvalue weighted by Crippen LogP contribution is 2.49. The number of aliphatic hydroxyl groups is 2. The number of nitrogens with one attached hydrogen (secondary N) is 2. The summed E-state index contributed by atoms with van der Waals surface area (Å²) in [5.41, 5.74) is 3.44. The Kier molecular flexibility index (Phi) is 8.63. The van der Waals surface area contributed by atoms with Crippen LogP contribution in [0.1, 0.15) is 69.8 Å². The number of carbonyl (C=O) groups excluding carboxylic acids is 1. The van der Waals surface area contributed by atoms with Crippen molar-refractivity contribution in [3.63, 3.8) is 0 Å². The Labute approximate surface area is 204 Å². The van der Waals surface area contributed by atoms with Crippen LogP contribution in [0.2, 0.25) is 0 Å². The molecule has 0 spiro atoms. The van der Waals surface area contributed by atoms with Gasteiger partial charge in [-0.25, -0.2) is 8.78 Å². The molecule has 1 amide bonds. The molecule has 2 aliphatic rings. The molecule has 2 aliphatic heterocycles. The first-order valence-corrected chi connectivity index (χ1v) is 12.7. The van der Waals surface area contributed by atoms with Crippen LogP contribution in [-0.2, 0) is 15.1 Å². The van der Waals surface area contributed by atoms with Crippen LogP contribution in [0.3, 0.4) is 0 Å². The van der Waals surface area contributed by atoms with Gasteiger partial charge in [0.05, 0.1) is 41.9 Å². The van der Waals surface area contributed by atoms with Gasteiger partial charge in [-0.1, -0.05) is 0 Å². The first-order chi connectivity index (χ1) is 15.7. The van der Waals surface area contributed by atoms with Crippen molar-refractivity contribution in [2.24, 2.45) is 11.7 Å². The molecule has 0 aliphatic carbocycles. The summed E-state index contributed by atoms with van der Waals surface area (Å²) in [5.74, 6) is -2.57. The lowest BCUT2D eigenvalue weighted by atomic mass is 9.93. The summed E-state index contributed by atoms with van der Waals surface area (Å²) < 4.78 is 35.5. The third-order valence-corrected chi connectivity index (χ3v) is 7.75. The Morgan fingerprint density at radius 2 is 1.88 bits per heavy atom. The van der Waals surface area contributed by atoms with E-state index >= 15 is 0 Å². The van der Waals surface area contributed by atoms with Gasteiger partial charge in [0.1, 0.15) is 11.6 Å². The van der Waals surface area contributed by atoms with Gasteiger partial charge >= 0.3 is 0 Å². The van der Waals surface area contributed by atoms with Gasteiger partial charge in [0.2, 0.25) is 5.91 Å². The van der Waals surface area contributed by atoms with Gasteiger partial charge in [0.25, 0.3) is 0 Å². The van der Waals surface area contributed by atoms with Gasteiger partial charge in [-0.05, 0) is 71.1 Å². The van der Waals surface area contributed by atoms with Crippen LogP contribution < -0.4 is 16.4 Å². The molecule has 0 saturated carbocycles. The molecule has 2 heterocycles. The van der Waals surface area contributed by atoms with Crippen LogP contribution in [0.25, 0.3) is 0 Å². The van der Waals surface area contributed by atoms with Crippen molar-refractivity contribution in [3.05, 3.63) is 34.9 Å². The number of piperidine rings is 1. The molecule has 192 valence electrons. The molecule has 0 aromatic heterocycles. The third kappa shape index (κ3) is 7.11. The fourth-order valence-electron chi connectivity index (χ4n) is 4.47. The van der Waals surface area contributed by atoms with E-state index in [0.29, 0.717) is 6.61 Å². The van der Waals surface area contributed by atoms with E-state index in [1.165, 1.54) is 25.6 Å². The monoisotopic (exact) mass is 501 g/mol. The van der Waals surface area contributed by atoms with E-state index < -0.39 is 45.3 Å². The third-order valence-electron chi connectivity index (χ3n) is 6.24. The SMILES string of the molecule is CC(C)(O)COCC1CCCC(NC2SC(c3c(F)cc(C(C)(C)O)cc3F)CC2C(N)=O)N1. The molecule has 0 bridgehead atoms. The van der Waals surface area contributed by atoms with Crippen molar-refractivity contribution in [1.29, 1.82) is 0 Å². The van der Waals surface area contributed by atoms with Crippen LogP contribution in [0.5, 0.6) is 0 Å². The zero-order valence-corrected chi connectivity index (χ0v) is 21.1. The average Bonchev–Trinajstić information content (AvgIpc) is 3.09. The van der Waals surface area contributed by atoms with Crippen molar-refractivity contribution in [2.75, 3.05) is 13.2 Å². The lowest BCUT2D eigenvalue weighted by Crippen LogP contribution is -2.55. The number of halogens is 2. The molecule has 2 saturated heterocycles. The van der Waals surface area contributed by atoms with Crippen LogP contribution in [-0.4, -0.2) is 52.5 Å². The quantitative estimate of drug-likeness (QED) is 0.353. The average molecular weight is 502 g/mol. The van der Waals surface area contributed by atoms with E-state index in [9.17, 15) is 23.8 Å². The first-order valence-electron chi connectivity index (χ1n) is 11.7. The molecule has 5 atom stereocenters. The number of amides is 1. The molecule has 7 nitrogen and oxygen atoms in total. The molecular formula is C24H37F2N3O4S. The molecular weight excluding hydrogens is 464 g/mol. The Hall–Kier alpha value is -1.30. The Morgan fingerprint density at radius 1 is 1.24 bits per heavy atom. The number of thioether (sulfide) groups is 1. The molecule has 1 aromatic rings. The highest BCUT2D eigenvalue weighted by molar-refractivity contribution is 8.00. The van der Waals surface area contributed by atoms with Crippen molar-refractivity contribution in [2.45, 2.75) is 87.4 Å². The molecule has 10 heteroatoms.